The van der Waals surface area contributed by atoms with Crippen LogP contribution in [0.25, 0.3) is 11.2 Å². The second kappa shape index (κ2) is 14.0. The molecule has 2 aromatic heterocycles. The number of nitrogens with zero attached hydrogens (tertiary/aromatic N) is 4. The topological polar surface area (TPSA) is 358 Å². The number of phosphoric acid groups is 3. The van der Waals surface area contributed by atoms with Crippen LogP contribution in [0.4, 0.5) is 5.82 Å². The van der Waals surface area contributed by atoms with Crippen LogP contribution in [0.15, 0.2) is 12.7 Å². The Morgan fingerprint density at radius 2 is 1.55 bits per heavy atom. The summed E-state index contributed by atoms with van der Waals surface area (Å²) in [7, 11) is -16.1. The Morgan fingerprint density at radius 1 is 0.905 bits per heavy atom. The molecule has 1 fully saturated rings. The lowest BCUT2D eigenvalue weighted by Gasteiger charge is -2.32. The van der Waals surface area contributed by atoms with E-state index in [4.69, 9.17) is 34.3 Å². The number of hydrogen-bond donors (Lipinski definition) is 10. The van der Waals surface area contributed by atoms with Gasteiger partial charge in [0.25, 0.3) is 0 Å². The van der Waals surface area contributed by atoms with Crippen molar-refractivity contribution in [3.8, 4) is 0 Å². The van der Waals surface area contributed by atoms with Gasteiger partial charge in [-0.1, -0.05) is 0 Å². The summed E-state index contributed by atoms with van der Waals surface area (Å²) in [6.07, 6.45) is -10.1. The van der Waals surface area contributed by atoms with Crippen LogP contribution in [-0.4, -0.2) is 127 Å². The van der Waals surface area contributed by atoms with Crippen molar-refractivity contribution in [3.05, 3.63) is 12.7 Å². The zero-order valence-corrected chi connectivity index (χ0v) is 23.6. The monoisotopic (exact) mass is 671 g/mol. The fraction of sp³-hybridized carbons (Fsp3) is 0.688. The Hall–Kier alpha value is -1.56. The lowest BCUT2D eigenvalue weighted by molar-refractivity contribution is -0.184. The quantitative estimate of drug-likeness (QED) is 0.0609. The maximum atomic E-state index is 11.8. The number of ether oxygens (including phenoxy) is 3. The fourth-order valence-electron chi connectivity index (χ4n) is 3.97. The summed E-state index contributed by atoms with van der Waals surface area (Å²) >= 11 is 0. The van der Waals surface area contributed by atoms with E-state index >= 15 is 0 Å². The molecule has 11 N–H and O–H groups in total. The minimum atomic E-state index is -5.45. The van der Waals surface area contributed by atoms with E-state index in [9.17, 15) is 48.6 Å². The average Bonchev–Trinajstić information content (AvgIpc) is 3.44. The Bertz CT molecular complexity index is 1330. The third-order valence-electron chi connectivity index (χ3n) is 5.55. The SMILES string of the molecule is Nc1ncnc2c1ncn2[C@@H]1O[C@H](CO)[C@@H](OCO[C@H](CO)[C@@H](OP(=O)(O)O)[C@@H](CO)OP(=O)(O)O)[C@H]1OP(=O)(O)O. The predicted octanol–water partition coefficient (Wildman–Crippen LogP) is -3.56. The molecule has 0 aromatic carbocycles. The van der Waals surface area contributed by atoms with Gasteiger partial charge in [-0.15, -0.1) is 0 Å². The standard InChI is InChI=1S/C16H28N5O18P3/c17-14-10-15(19-4-18-14)21(5-20-10)16-13(39-42(31,32)33)12(8(2-23)36-16)35-6-34-7(1-22)11(38-41(28,29)30)9(3-24)37-40(25,26)27/h4-5,7-9,11-13,16,22-24H,1-3,6H2,(H2,17,18,19)(H2,25,26,27)(H2,28,29,30)(H2,31,32,33)/t7-,8-,9-,11-,12-,13-,16-/m1/s1. The highest BCUT2D eigenvalue weighted by molar-refractivity contribution is 7.46. The van der Waals surface area contributed by atoms with E-state index in [1.165, 1.54) is 4.57 Å². The third kappa shape index (κ3) is 9.22. The Balaban J connectivity index is 1.86. The van der Waals surface area contributed by atoms with Crippen molar-refractivity contribution in [1.82, 2.24) is 19.5 Å². The molecule has 42 heavy (non-hydrogen) atoms. The van der Waals surface area contributed by atoms with E-state index in [0.717, 1.165) is 12.7 Å². The van der Waals surface area contributed by atoms with Crippen LogP contribution in [0.1, 0.15) is 6.23 Å². The van der Waals surface area contributed by atoms with Crippen LogP contribution in [0.2, 0.25) is 0 Å². The average molecular weight is 671 g/mol. The minimum absolute atomic E-state index is 0.0323. The molecule has 0 bridgehead atoms. The lowest BCUT2D eigenvalue weighted by Crippen LogP contribution is -2.46. The molecule has 0 saturated carbocycles. The molecule has 1 aliphatic heterocycles. The van der Waals surface area contributed by atoms with E-state index < -0.39 is 92.9 Å². The van der Waals surface area contributed by atoms with Crippen molar-refractivity contribution in [1.29, 1.82) is 0 Å². The van der Waals surface area contributed by atoms with Crippen LogP contribution in [0, 0.1) is 0 Å². The largest absolute Gasteiger partial charge is 0.470 e. The third-order valence-corrected chi connectivity index (χ3v) is 7.13. The smallest absolute Gasteiger partial charge is 0.394 e. The van der Waals surface area contributed by atoms with E-state index in [1.807, 2.05) is 0 Å². The van der Waals surface area contributed by atoms with Crippen LogP contribution < -0.4 is 5.73 Å². The number of aliphatic hydroxyl groups excluding tert-OH is 3. The molecule has 0 aliphatic carbocycles. The van der Waals surface area contributed by atoms with Gasteiger partial charge in [-0.25, -0.2) is 28.6 Å². The molecule has 26 heteroatoms. The summed E-state index contributed by atoms with van der Waals surface area (Å²) < 4.78 is 65.7. The zero-order chi connectivity index (χ0) is 31.5. The second-order valence-electron chi connectivity index (χ2n) is 8.41. The highest BCUT2D eigenvalue weighted by Gasteiger charge is 2.50. The van der Waals surface area contributed by atoms with Gasteiger partial charge in [0.15, 0.2) is 17.7 Å². The van der Waals surface area contributed by atoms with Gasteiger partial charge in [0.1, 0.15) is 55.3 Å². The summed E-state index contributed by atoms with van der Waals surface area (Å²) in [5.74, 6) is -0.0323. The molecular formula is C16H28N5O18P3. The van der Waals surface area contributed by atoms with Crippen molar-refractivity contribution >= 4 is 40.4 Å². The molecule has 3 rings (SSSR count). The van der Waals surface area contributed by atoms with E-state index in [-0.39, 0.29) is 17.0 Å². The molecular weight excluding hydrogens is 643 g/mol. The van der Waals surface area contributed by atoms with Gasteiger partial charge in [0, 0.05) is 0 Å². The van der Waals surface area contributed by atoms with Crippen molar-refractivity contribution in [2.75, 3.05) is 32.3 Å². The van der Waals surface area contributed by atoms with Crippen molar-refractivity contribution in [2.45, 2.75) is 42.9 Å². The first-order valence-corrected chi connectivity index (χ1v) is 15.9. The molecule has 0 amide bonds. The molecule has 240 valence electrons. The number of hydrogen-bond acceptors (Lipinski definition) is 16. The van der Waals surface area contributed by atoms with Gasteiger partial charge in [0.05, 0.1) is 26.1 Å². The van der Waals surface area contributed by atoms with E-state index in [2.05, 4.69) is 24.0 Å². The van der Waals surface area contributed by atoms with Gasteiger partial charge in [-0.2, -0.15) is 0 Å². The molecule has 3 heterocycles. The number of nitrogen functional groups attached to an aromatic ring is 1. The molecule has 0 radical (unpaired) electrons. The lowest BCUT2D eigenvalue weighted by atomic mass is 10.1. The molecule has 0 spiro atoms. The number of fused-ring (bicyclic) bond motifs is 1. The Labute approximate surface area is 234 Å². The molecule has 1 aliphatic rings. The van der Waals surface area contributed by atoms with Crippen LogP contribution in [0.5, 0.6) is 0 Å². The van der Waals surface area contributed by atoms with Gasteiger partial charge in [-0.3, -0.25) is 18.1 Å². The van der Waals surface area contributed by atoms with Gasteiger partial charge in [-0.05, 0) is 0 Å². The number of anilines is 1. The maximum absolute atomic E-state index is 11.8. The predicted molar refractivity (Wildman–Crippen MR) is 130 cm³/mol. The Morgan fingerprint density at radius 3 is 2.10 bits per heavy atom. The summed E-state index contributed by atoms with van der Waals surface area (Å²) in [6.45, 7) is -4.22. The second-order valence-corrected chi connectivity index (χ2v) is 12.0. The molecule has 0 unspecified atom stereocenters. The highest BCUT2D eigenvalue weighted by atomic mass is 31.2. The fourth-order valence-corrected chi connectivity index (χ4v) is 5.64. The van der Waals surface area contributed by atoms with Gasteiger partial charge >= 0.3 is 23.5 Å². The van der Waals surface area contributed by atoms with Crippen LogP contribution >= 0.6 is 23.5 Å². The summed E-state index contributed by atoms with van der Waals surface area (Å²) in [5, 5.41) is 29.1. The number of phosphoric ester groups is 3. The summed E-state index contributed by atoms with van der Waals surface area (Å²) in [4.78, 5) is 67.5. The Kier molecular flexibility index (Phi) is 11.7. The first-order valence-electron chi connectivity index (χ1n) is 11.3. The van der Waals surface area contributed by atoms with E-state index in [1.54, 1.807) is 0 Å². The molecule has 23 nitrogen and oxygen atoms in total. The minimum Gasteiger partial charge on any atom is -0.394 e. The normalized spacial score (nSPS) is 24.2. The van der Waals surface area contributed by atoms with Gasteiger partial charge in [0.2, 0.25) is 0 Å². The number of aromatic nitrogens is 4. The number of nitrogens with two attached hydrogens (primary N) is 1. The summed E-state index contributed by atoms with van der Waals surface area (Å²) in [5.41, 5.74) is 5.92. The molecule has 1 saturated heterocycles. The van der Waals surface area contributed by atoms with E-state index in [0.29, 0.717) is 0 Å². The summed E-state index contributed by atoms with van der Waals surface area (Å²) in [6, 6.07) is 0. The zero-order valence-electron chi connectivity index (χ0n) is 20.9. The number of aliphatic hydroxyl groups is 3. The first-order chi connectivity index (χ1) is 19.5. The number of rotatable bonds is 16. The van der Waals surface area contributed by atoms with Crippen molar-refractivity contribution in [2.24, 2.45) is 0 Å². The molecule has 7 atom stereocenters. The maximum Gasteiger partial charge on any atom is 0.470 e. The number of imidazole rings is 1. The molecule has 2 aromatic rings. The van der Waals surface area contributed by atoms with Crippen molar-refractivity contribution in [3.63, 3.8) is 0 Å². The highest BCUT2D eigenvalue weighted by Crippen LogP contribution is 2.46. The first kappa shape index (κ1) is 34.9. The van der Waals surface area contributed by atoms with Crippen molar-refractivity contribution < 1.29 is 86.2 Å². The van der Waals surface area contributed by atoms with Gasteiger partial charge < -0.3 is 64.6 Å². The van der Waals surface area contributed by atoms with Crippen LogP contribution in [0.3, 0.4) is 0 Å². The van der Waals surface area contributed by atoms with Crippen LogP contribution in [-0.2, 0) is 41.5 Å².